The van der Waals surface area contributed by atoms with E-state index in [4.69, 9.17) is 14.2 Å². The quantitative estimate of drug-likeness (QED) is 0.114. The Morgan fingerprint density at radius 2 is 1.54 bits per heavy atom. The van der Waals surface area contributed by atoms with Crippen molar-refractivity contribution in [3.8, 4) is 11.1 Å². The van der Waals surface area contributed by atoms with E-state index in [0.717, 1.165) is 50.0 Å². The number of hydrogen-bond acceptors (Lipinski definition) is 7. The third kappa shape index (κ3) is 8.52. The Hall–Kier alpha value is -5.81. The Kier molecular flexibility index (Phi) is 11.4. The second-order valence-electron chi connectivity index (χ2n) is 13.6. The zero-order chi connectivity index (χ0) is 37.4. The summed E-state index contributed by atoms with van der Waals surface area (Å²) in [6.45, 7) is 3.02. The average Bonchev–Trinajstić information content (AvgIpc) is 3.63. The van der Waals surface area contributed by atoms with Crippen molar-refractivity contribution in [2.45, 2.75) is 57.6 Å². The molecule has 1 aliphatic rings. The molecular weight excluding hydrogens is 681 g/mol. The van der Waals surface area contributed by atoms with Gasteiger partial charge in [0.2, 0.25) is 0 Å². The maximum absolute atomic E-state index is 12.8. The number of esters is 1. The zero-order valence-electron chi connectivity index (χ0n) is 30.3. The highest BCUT2D eigenvalue weighted by atomic mass is 16.7. The summed E-state index contributed by atoms with van der Waals surface area (Å²) in [5, 5.41) is 15.2. The third-order valence-electron chi connectivity index (χ3n) is 10.00. The molecule has 0 unspecified atom stereocenters. The highest BCUT2D eigenvalue weighted by molar-refractivity contribution is 5.83. The number of imidazole rings is 1. The van der Waals surface area contributed by atoms with Crippen LogP contribution in [0.4, 0.5) is 4.79 Å². The number of ether oxygens (including phenoxy) is 3. The summed E-state index contributed by atoms with van der Waals surface area (Å²) in [7, 11) is 1.31. The van der Waals surface area contributed by atoms with Crippen LogP contribution in [0, 0.1) is 5.92 Å². The van der Waals surface area contributed by atoms with Gasteiger partial charge in [-0.15, -0.1) is 0 Å². The topological polar surface area (TPSA) is 124 Å². The normalized spacial score (nSPS) is 18.9. The SMILES string of the molecule is COC(=O)[C@H](Cc1ccccc1)NC(=O)NCc1cccc(-c2ccc([C@H]3O[C@@H](Cn4cnc5ccccc54)[C@@H](C)[C@@H](c4ccc(CO)cc4)O3)cc2)c1. The van der Waals surface area contributed by atoms with Crippen LogP contribution >= 0.6 is 0 Å². The smallest absolute Gasteiger partial charge is 0.328 e. The minimum absolute atomic E-state index is 0.0167. The number of hydrogen-bond donors (Lipinski definition) is 3. The summed E-state index contributed by atoms with van der Waals surface area (Å²) in [6.07, 6.45) is 1.17. The van der Waals surface area contributed by atoms with Crippen LogP contribution in [-0.2, 0) is 45.1 Å². The molecule has 5 atom stereocenters. The highest BCUT2D eigenvalue weighted by Crippen LogP contribution is 2.42. The van der Waals surface area contributed by atoms with Crippen LogP contribution < -0.4 is 10.6 Å². The Morgan fingerprint density at radius 3 is 2.30 bits per heavy atom. The van der Waals surface area contributed by atoms with Gasteiger partial charge in [-0.25, -0.2) is 14.6 Å². The van der Waals surface area contributed by atoms with Crippen LogP contribution in [0.25, 0.3) is 22.2 Å². The number of para-hydroxylation sites is 2. The monoisotopic (exact) mass is 724 g/mol. The number of carbonyl (C=O) groups is 2. The van der Waals surface area contributed by atoms with Gasteiger partial charge in [0.05, 0.1) is 49.8 Å². The first kappa shape index (κ1) is 36.5. The van der Waals surface area contributed by atoms with Crippen molar-refractivity contribution >= 4 is 23.0 Å². The molecular formula is C44H44N4O6. The minimum Gasteiger partial charge on any atom is -0.467 e. The number of amides is 2. The Bertz CT molecular complexity index is 2170. The van der Waals surface area contributed by atoms with Crippen LogP contribution in [0.1, 0.15) is 47.1 Å². The molecule has 1 aliphatic heterocycles. The van der Waals surface area contributed by atoms with E-state index in [0.29, 0.717) is 13.0 Å². The van der Waals surface area contributed by atoms with Crippen molar-refractivity contribution in [1.82, 2.24) is 20.2 Å². The van der Waals surface area contributed by atoms with E-state index in [9.17, 15) is 14.7 Å². The number of rotatable bonds is 12. The predicted molar refractivity (Wildman–Crippen MR) is 206 cm³/mol. The highest BCUT2D eigenvalue weighted by Gasteiger charge is 2.38. The van der Waals surface area contributed by atoms with Gasteiger partial charge in [-0.05, 0) is 51.6 Å². The Balaban J connectivity index is 1.04. The number of nitrogens with zero attached hydrogens (tertiary/aromatic N) is 2. The first-order chi connectivity index (χ1) is 26.4. The van der Waals surface area contributed by atoms with Gasteiger partial charge >= 0.3 is 12.0 Å². The van der Waals surface area contributed by atoms with Crippen molar-refractivity contribution in [1.29, 1.82) is 0 Å². The third-order valence-corrected chi connectivity index (χ3v) is 10.00. The van der Waals surface area contributed by atoms with Gasteiger partial charge in [0.25, 0.3) is 0 Å². The van der Waals surface area contributed by atoms with Gasteiger partial charge in [0.15, 0.2) is 6.29 Å². The van der Waals surface area contributed by atoms with Gasteiger partial charge in [0, 0.05) is 24.4 Å². The maximum atomic E-state index is 12.8. The van der Waals surface area contributed by atoms with Crippen molar-refractivity contribution in [2.24, 2.45) is 5.92 Å². The molecule has 5 aromatic carbocycles. The Labute approximate surface area is 314 Å². The second-order valence-corrected chi connectivity index (χ2v) is 13.6. The van der Waals surface area contributed by atoms with Crippen LogP contribution in [0.3, 0.4) is 0 Å². The van der Waals surface area contributed by atoms with Crippen LogP contribution in [-0.4, -0.2) is 45.9 Å². The average molecular weight is 725 g/mol. The van der Waals surface area contributed by atoms with Crippen LogP contribution in [0.5, 0.6) is 0 Å². The molecule has 0 saturated carbocycles. The molecule has 7 rings (SSSR count). The molecule has 0 spiro atoms. The summed E-state index contributed by atoms with van der Waals surface area (Å²) in [5.74, 6) is -0.483. The number of methoxy groups -OCH3 is 1. The fraction of sp³-hybridized carbons (Fsp3) is 0.250. The van der Waals surface area contributed by atoms with Crippen LogP contribution in [0.15, 0.2) is 134 Å². The largest absolute Gasteiger partial charge is 0.467 e. The van der Waals surface area contributed by atoms with E-state index in [2.05, 4.69) is 33.2 Å². The van der Waals surface area contributed by atoms with Crippen LogP contribution in [0.2, 0.25) is 0 Å². The summed E-state index contributed by atoms with van der Waals surface area (Å²) in [5.41, 5.74) is 8.58. The molecule has 1 saturated heterocycles. The minimum atomic E-state index is -0.814. The predicted octanol–water partition coefficient (Wildman–Crippen LogP) is 7.27. The lowest BCUT2D eigenvalue weighted by atomic mass is 9.90. The number of fused-ring (bicyclic) bond motifs is 1. The first-order valence-electron chi connectivity index (χ1n) is 18.1. The van der Waals surface area contributed by atoms with E-state index < -0.39 is 24.3 Å². The molecule has 6 aromatic rings. The van der Waals surface area contributed by atoms with Crippen molar-refractivity contribution in [3.05, 3.63) is 162 Å². The summed E-state index contributed by atoms with van der Waals surface area (Å²) in [4.78, 5) is 29.8. The molecule has 0 aliphatic carbocycles. The Morgan fingerprint density at radius 1 is 0.815 bits per heavy atom. The van der Waals surface area contributed by atoms with E-state index in [1.165, 1.54) is 7.11 Å². The second kappa shape index (κ2) is 16.9. The van der Waals surface area contributed by atoms with Gasteiger partial charge in [-0.1, -0.05) is 116 Å². The molecule has 0 radical (unpaired) electrons. The lowest BCUT2D eigenvalue weighted by molar-refractivity contribution is -0.276. The number of aromatic nitrogens is 2. The number of aliphatic hydroxyl groups is 1. The van der Waals surface area contributed by atoms with E-state index >= 15 is 0 Å². The van der Waals surface area contributed by atoms with Gasteiger partial charge < -0.3 is 34.5 Å². The fourth-order valence-electron chi connectivity index (χ4n) is 6.95. The van der Waals surface area contributed by atoms with E-state index in [1.807, 2.05) is 128 Å². The molecule has 2 heterocycles. The zero-order valence-corrected chi connectivity index (χ0v) is 30.3. The summed E-state index contributed by atoms with van der Waals surface area (Å²) >= 11 is 0. The van der Waals surface area contributed by atoms with Crippen molar-refractivity contribution < 1.29 is 28.9 Å². The van der Waals surface area contributed by atoms with Crippen molar-refractivity contribution in [3.63, 3.8) is 0 Å². The molecule has 0 bridgehead atoms. The fourth-order valence-corrected chi connectivity index (χ4v) is 6.95. The lowest BCUT2D eigenvalue weighted by Crippen LogP contribution is -2.47. The molecule has 54 heavy (non-hydrogen) atoms. The molecule has 3 N–H and O–H groups in total. The van der Waals surface area contributed by atoms with Gasteiger partial charge in [0.1, 0.15) is 6.04 Å². The number of benzene rings is 5. The van der Waals surface area contributed by atoms with Gasteiger partial charge in [-0.2, -0.15) is 0 Å². The molecule has 10 nitrogen and oxygen atoms in total. The number of nitrogens with one attached hydrogen (secondary N) is 2. The summed E-state index contributed by atoms with van der Waals surface area (Å²) in [6, 6.07) is 40.3. The maximum Gasteiger partial charge on any atom is 0.328 e. The standard InChI is InChI=1S/C44H44N4O6/c1-29-40(26-48-28-46-37-13-6-7-14-39(37)48)53-43(54-41(29)34-17-15-31(27-49)16-18-34)35-21-19-33(20-22-35)36-12-8-11-32(23-36)25-45-44(51)47-38(42(50)52-2)24-30-9-4-3-5-10-30/h3-23,28-29,38,40-41,43,49H,24-27H2,1-2H3,(H2,45,47,51)/t29-,38+,40+,41+,43+/m1/s1. The number of aliphatic hydroxyl groups excluding tert-OH is 1. The molecule has 1 fully saturated rings. The van der Waals surface area contributed by atoms with E-state index in [-0.39, 0.29) is 31.3 Å². The molecule has 1 aromatic heterocycles. The summed E-state index contributed by atoms with van der Waals surface area (Å²) < 4.78 is 20.5. The van der Waals surface area contributed by atoms with E-state index in [1.54, 1.807) is 0 Å². The van der Waals surface area contributed by atoms with Gasteiger partial charge in [-0.3, -0.25) is 0 Å². The molecule has 276 valence electrons. The lowest BCUT2D eigenvalue weighted by Gasteiger charge is -2.41. The molecule has 10 heteroatoms. The number of urea groups is 1. The molecule has 2 amide bonds. The van der Waals surface area contributed by atoms with Crippen molar-refractivity contribution in [2.75, 3.05) is 7.11 Å². The number of carbonyl (C=O) groups excluding carboxylic acids is 2. The first-order valence-corrected chi connectivity index (χ1v) is 18.1.